The van der Waals surface area contributed by atoms with Gasteiger partial charge in [0.1, 0.15) is 12.4 Å². The van der Waals surface area contributed by atoms with Crippen molar-refractivity contribution in [2.24, 2.45) is 5.10 Å². The smallest absolute Gasteiger partial charge is 0.271 e. The highest BCUT2D eigenvalue weighted by atomic mass is 16.5. The molecule has 0 radical (unpaired) electrons. The molecule has 0 saturated carbocycles. The summed E-state index contributed by atoms with van der Waals surface area (Å²) in [5.41, 5.74) is 6.93. The average molecular weight is 481 g/mol. The van der Waals surface area contributed by atoms with Gasteiger partial charge < -0.3 is 14.2 Å². The molecule has 182 valence electrons. The van der Waals surface area contributed by atoms with Crippen LogP contribution in [-0.4, -0.2) is 25.8 Å². The number of ether oxygens (including phenoxy) is 3. The van der Waals surface area contributed by atoms with E-state index in [0.29, 0.717) is 30.3 Å². The first-order valence-electron chi connectivity index (χ1n) is 11.7. The van der Waals surface area contributed by atoms with Crippen LogP contribution in [-0.2, 0) is 6.61 Å². The molecule has 1 N–H and O–H groups in total. The molecule has 0 aliphatic rings. The predicted octanol–water partition coefficient (Wildman–Crippen LogP) is 6.10. The second-order valence-electron chi connectivity index (χ2n) is 7.89. The Morgan fingerprint density at radius 1 is 0.833 bits per heavy atom. The maximum atomic E-state index is 12.5. The predicted molar refractivity (Wildman–Crippen MR) is 142 cm³/mol. The molecule has 36 heavy (non-hydrogen) atoms. The van der Waals surface area contributed by atoms with Crippen molar-refractivity contribution in [2.45, 2.75) is 13.5 Å². The van der Waals surface area contributed by atoms with E-state index in [1.807, 2.05) is 73.7 Å². The first-order valence-corrected chi connectivity index (χ1v) is 11.7. The molecule has 0 saturated heterocycles. The minimum atomic E-state index is -0.300. The standard InChI is InChI=1S/C30H28N2O4/c1-3-35-28-18-15-23(19-29(28)34-2)20-31-32-30(33)25-16-13-22(14-17-25)21-36-27-12-8-7-11-26(27)24-9-5-4-6-10-24/h4-20H,3,21H2,1-2H3,(H,32,33). The lowest BCUT2D eigenvalue weighted by molar-refractivity contribution is 0.0955. The van der Waals surface area contributed by atoms with Crippen molar-refractivity contribution >= 4 is 12.1 Å². The highest BCUT2D eigenvalue weighted by Gasteiger charge is 2.08. The molecule has 0 spiro atoms. The fourth-order valence-corrected chi connectivity index (χ4v) is 3.63. The summed E-state index contributed by atoms with van der Waals surface area (Å²) < 4.78 is 16.9. The number of para-hydroxylation sites is 1. The van der Waals surface area contributed by atoms with Gasteiger partial charge in [-0.15, -0.1) is 0 Å². The molecule has 1 amide bonds. The average Bonchev–Trinajstić information content (AvgIpc) is 2.93. The molecule has 0 heterocycles. The highest BCUT2D eigenvalue weighted by molar-refractivity contribution is 5.95. The zero-order valence-corrected chi connectivity index (χ0v) is 20.3. The molecule has 6 heteroatoms. The second kappa shape index (κ2) is 12.2. The molecule has 0 bridgehead atoms. The van der Waals surface area contributed by atoms with Gasteiger partial charge in [-0.25, -0.2) is 5.43 Å². The minimum absolute atomic E-state index is 0.300. The number of carbonyl (C=O) groups excluding carboxylic acids is 1. The third-order valence-corrected chi connectivity index (χ3v) is 5.45. The number of hydrogen-bond donors (Lipinski definition) is 1. The lowest BCUT2D eigenvalue weighted by atomic mass is 10.0. The number of rotatable bonds is 10. The van der Waals surface area contributed by atoms with Gasteiger partial charge in [0.15, 0.2) is 11.5 Å². The Kier molecular flexibility index (Phi) is 8.33. The number of carbonyl (C=O) groups is 1. The van der Waals surface area contributed by atoms with Crippen molar-refractivity contribution in [3.63, 3.8) is 0 Å². The van der Waals surface area contributed by atoms with E-state index in [9.17, 15) is 4.79 Å². The van der Waals surface area contributed by atoms with Crippen LogP contribution in [0, 0.1) is 0 Å². The van der Waals surface area contributed by atoms with Crippen LogP contribution in [0.1, 0.15) is 28.4 Å². The van der Waals surface area contributed by atoms with Crippen molar-refractivity contribution in [2.75, 3.05) is 13.7 Å². The maximum Gasteiger partial charge on any atom is 0.271 e. The molecule has 4 aromatic rings. The zero-order valence-electron chi connectivity index (χ0n) is 20.3. The number of amides is 1. The van der Waals surface area contributed by atoms with E-state index in [-0.39, 0.29) is 5.91 Å². The first kappa shape index (κ1) is 24.5. The highest BCUT2D eigenvalue weighted by Crippen LogP contribution is 2.30. The van der Waals surface area contributed by atoms with Gasteiger partial charge in [0.25, 0.3) is 5.91 Å². The summed E-state index contributed by atoms with van der Waals surface area (Å²) >= 11 is 0. The molecule has 0 fully saturated rings. The van der Waals surface area contributed by atoms with Crippen molar-refractivity contribution < 1.29 is 19.0 Å². The quantitative estimate of drug-likeness (QED) is 0.220. The fourth-order valence-electron chi connectivity index (χ4n) is 3.63. The molecular formula is C30H28N2O4. The Hall–Kier alpha value is -4.58. The molecule has 0 atom stereocenters. The van der Waals surface area contributed by atoms with Crippen LogP contribution in [0.2, 0.25) is 0 Å². The molecule has 0 aromatic heterocycles. The SMILES string of the molecule is CCOc1ccc(C=NNC(=O)c2ccc(COc3ccccc3-c3ccccc3)cc2)cc1OC. The molecule has 4 aromatic carbocycles. The topological polar surface area (TPSA) is 69.2 Å². The number of benzene rings is 4. The van der Waals surface area contributed by atoms with Gasteiger partial charge in [-0.1, -0.05) is 60.7 Å². The van der Waals surface area contributed by atoms with Crippen LogP contribution in [0.25, 0.3) is 11.1 Å². The number of nitrogens with zero attached hydrogens (tertiary/aromatic N) is 1. The second-order valence-corrected chi connectivity index (χ2v) is 7.89. The number of methoxy groups -OCH3 is 1. The number of nitrogens with one attached hydrogen (secondary N) is 1. The third-order valence-electron chi connectivity index (χ3n) is 5.45. The fraction of sp³-hybridized carbons (Fsp3) is 0.133. The van der Waals surface area contributed by atoms with Crippen molar-refractivity contribution in [3.8, 4) is 28.4 Å². The summed E-state index contributed by atoms with van der Waals surface area (Å²) in [5.74, 6) is 1.78. The molecule has 0 aliphatic heterocycles. The van der Waals surface area contributed by atoms with E-state index in [0.717, 1.165) is 28.0 Å². The number of hydrogen-bond acceptors (Lipinski definition) is 5. The van der Waals surface area contributed by atoms with Crippen LogP contribution in [0.4, 0.5) is 0 Å². The van der Waals surface area contributed by atoms with Crippen molar-refractivity contribution in [3.05, 3.63) is 114 Å². The van der Waals surface area contributed by atoms with Gasteiger partial charge in [0, 0.05) is 11.1 Å². The monoisotopic (exact) mass is 480 g/mol. The van der Waals surface area contributed by atoms with E-state index in [1.165, 1.54) is 0 Å². The van der Waals surface area contributed by atoms with E-state index < -0.39 is 0 Å². The van der Waals surface area contributed by atoms with Gasteiger partial charge in [0.2, 0.25) is 0 Å². The van der Waals surface area contributed by atoms with Crippen LogP contribution in [0.15, 0.2) is 102 Å². The molecule has 0 aliphatic carbocycles. The minimum Gasteiger partial charge on any atom is -0.493 e. The van der Waals surface area contributed by atoms with Crippen LogP contribution >= 0.6 is 0 Å². The van der Waals surface area contributed by atoms with E-state index in [4.69, 9.17) is 14.2 Å². The van der Waals surface area contributed by atoms with E-state index in [1.54, 1.807) is 31.5 Å². The normalized spacial score (nSPS) is 10.7. The Labute approximate surface area is 211 Å². The molecule has 0 unspecified atom stereocenters. The van der Waals surface area contributed by atoms with E-state index >= 15 is 0 Å². The molecule has 4 rings (SSSR count). The third kappa shape index (κ3) is 6.30. The summed E-state index contributed by atoms with van der Waals surface area (Å²) in [6.07, 6.45) is 1.56. The van der Waals surface area contributed by atoms with Gasteiger partial charge in [0.05, 0.1) is 19.9 Å². The van der Waals surface area contributed by atoms with Crippen molar-refractivity contribution in [1.29, 1.82) is 0 Å². The summed E-state index contributed by atoms with van der Waals surface area (Å²) in [7, 11) is 1.58. The van der Waals surface area contributed by atoms with Gasteiger partial charge in [-0.3, -0.25) is 4.79 Å². The van der Waals surface area contributed by atoms with Crippen LogP contribution in [0.3, 0.4) is 0 Å². The molecular weight excluding hydrogens is 452 g/mol. The summed E-state index contributed by atoms with van der Waals surface area (Å²) in [6, 6.07) is 30.8. The Balaban J connectivity index is 1.34. The van der Waals surface area contributed by atoms with Crippen LogP contribution in [0.5, 0.6) is 17.2 Å². The van der Waals surface area contributed by atoms with Gasteiger partial charge in [-0.2, -0.15) is 5.10 Å². The largest absolute Gasteiger partial charge is 0.493 e. The Bertz CT molecular complexity index is 1320. The van der Waals surface area contributed by atoms with Crippen molar-refractivity contribution in [1.82, 2.24) is 5.43 Å². The Morgan fingerprint density at radius 3 is 2.33 bits per heavy atom. The van der Waals surface area contributed by atoms with Gasteiger partial charge >= 0.3 is 0 Å². The maximum absolute atomic E-state index is 12.5. The number of hydrazone groups is 1. The lowest BCUT2D eigenvalue weighted by Gasteiger charge is -2.12. The van der Waals surface area contributed by atoms with E-state index in [2.05, 4.69) is 22.7 Å². The lowest BCUT2D eigenvalue weighted by Crippen LogP contribution is -2.17. The summed E-state index contributed by atoms with van der Waals surface area (Å²) in [4.78, 5) is 12.5. The zero-order chi connectivity index (χ0) is 25.2. The Morgan fingerprint density at radius 2 is 1.58 bits per heavy atom. The van der Waals surface area contributed by atoms with Gasteiger partial charge in [-0.05, 0) is 60.0 Å². The first-order chi connectivity index (χ1) is 17.7. The summed E-state index contributed by atoms with van der Waals surface area (Å²) in [5, 5.41) is 4.06. The molecule has 6 nitrogen and oxygen atoms in total. The summed E-state index contributed by atoms with van der Waals surface area (Å²) in [6.45, 7) is 2.85. The van der Waals surface area contributed by atoms with Crippen LogP contribution < -0.4 is 19.6 Å².